The molecule has 0 aliphatic carbocycles. The van der Waals surface area contributed by atoms with Crippen molar-refractivity contribution in [1.29, 1.82) is 0 Å². The lowest BCUT2D eigenvalue weighted by Crippen LogP contribution is -2.41. The second kappa shape index (κ2) is 8.33. The second-order valence-electron chi connectivity index (χ2n) is 6.38. The maximum atomic E-state index is 12.1. The van der Waals surface area contributed by atoms with Gasteiger partial charge >= 0.3 is 0 Å². The number of carbonyl (C=O) groups is 2. The third-order valence-electron chi connectivity index (χ3n) is 4.06. The van der Waals surface area contributed by atoms with Gasteiger partial charge in [0, 0.05) is 31.8 Å². The van der Waals surface area contributed by atoms with Gasteiger partial charge in [0.1, 0.15) is 0 Å². The number of hydrazine groups is 1. The number of hydrogen-bond donors (Lipinski definition) is 2. The van der Waals surface area contributed by atoms with E-state index in [-0.39, 0.29) is 11.8 Å². The smallest absolute Gasteiger partial charge is 0.269 e. The molecule has 5 heteroatoms. The average molecular weight is 339 g/mol. The van der Waals surface area contributed by atoms with Crippen LogP contribution >= 0.6 is 0 Å². The molecule has 0 saturated heterocycles. The van der Waals surface area contributed by atoms with Crippen LogP contribution < -0.4 is 15.8 Å². The van der Waals surface area contributed by atoms with Crippen LogP contribution in [-0.4, -0.2) is 25.9 Å². The molecule has 2 N–H and O–H groups in total. The summed E-state index contributed by atoms with van der Waals surface area (Å²) >= 11 is 0. The Labute approximate surface area is 149 Å². The van der Waals surface area contributed by atoms with Gasteiger partial charge in [0.15, 0.2) is 0 Å². The highest BCUT2D eigenvalue weighted by molar-refractivity contribution is 5.96. The molecule has 0 saturated carbocycles. The summed E-state index contributed by atoms with van der Waals surface area (Å²) in [4.78, 5) is 26.0. The van der Waals surface area contributed by atoms with E-state index in [2.05, 4.69) is 16.9 Å². The van der Waals surface area contributed by atoms with Gasteiger partial charge in [-0.1, -0.05) is 29.8 Å². The third-order valence-corrected chi connectivity index (χ3v) is 4.06. The minimum absolute atomic E-state index is 0.211. The predicted molar refractivity (Wildman–Crippen MR) is 101 cm³/mol. The summed E-state index contributed by atoms with van der Waals surface area (Å²) in [7, 11) is 3.82. The molecule has 132 valence electrons. The number of anilines is 1. The van der Waals surface area contributed by atoms with Crippen molar-refractivity contribution in [3.63, 3.8) is 0 Å². The summed E-state index contributed by atoms with van der Waals surface area (Å²) in [5, 5.41) is 0. The fourth-order valence-corrected chi connectivity index (χ4v) is 2.56. The second-order valence-corrected chi connectivity index (χ2v) is 6.38. The molecular formula is C20H25N3O2. The number of amides is 2. The normalized spacial score (nSPS) is 10.2. The van der Waals surface area contributed by atoms with Crippen LogP contribution in [0.25, 0.3) is 0 Å². The van der Waals surface area contributed by atoms with Crippen molar-refractivity contribution < 1.29 is 9.59 Å². The van der Waals surface area contributed by atoms with Crippen molar-refractivity contribution in [2.75, 3.05) is 19.0 Å². The number of nitrogens with zero attached hydrogens (tertiary/aromatic N) is 1. The Hall–Kier alpha value is -2.82. The molecule has 0 aliphatic heterocycles. The summed E-state index contributed by atoms with van der Waals surface area (Å²) in [6.07, 6.45) is 0.964. The summed E-state index contributed by atoms with van der Waals surface area (Å²) < 4.78 is 0. The Kier molecular flexibility index (Phi) is 6.17. The number of benzene rings is 2. The lowest BCUT2D eigenvalue weighted by molar-refractivity contribution is -0.121. The van der Waals surface area contributed by atoms with Crippen LogP contribution in [-0.2, 0) is 11.2 Å². The zero-order chi connectivity index (χ0) is 18.4. The Morgan fingerprint density at radius 3 is 2.44 bits per heavy atom. The molecule has 2 rings (SSSR count). The lowest BCUT2D eigenvalue weighted by atomic mass is 10.0. The number of hydrogen-bond acceptors (Lipinski definition) is 3. The Balaban J connectivity index is 1.85. The highest BCUT2D eigenvalue weighted by atomic mass is 16.2. The third kappa shape index (κ3) is 5.35. The molecule has 2 aromatic carbocycles. The van der Waals surface area contributed by atoms with E-state index >= 15 is 0 Å². The maximum absolute atomic E-state index is 12.1. The van der Waals surface area contributed by atoms with Crippen LogP contribution in [0.2, 0.25) is 0 Å². The topological polar surface area (TPSA) is 61.4 Å². The summed E-state index contributed by atoms with van der Waals surface area (Å²) in [6, 6.07) is 13.4. The minimum atomic E-state index is -0.330. The van der Waals surface area contributed by atoms with Crippen LogP contribution in [0, 0.1) is 13.8 Å². The number of nitrogens with one attached hydrogen (secondary N) is 2. The van der Waals surface area contributed by atoms with Crippen LogP contribution in [0.15, 0.2) is 42.5 Å². The van der Waals surface area contributed by atoms with E-state index in [9.17, 15) is 9.59 Å². The first-order chi connectivity index (χ1) is 11.9. The van der Waals surface area contributed by atoms with Crippen molar-refractivity contribution in [1.82, 2.24) is 10.9 Å². The highest BCUT2D eigenvalue weighted by Gasteiger charge is 2.09. The largest absolute Gasteiger partial charge is 0.378 e. The van der Waals surface area contributed by atoms with Gasteiger partial charge in [0.05, 0.1) is 0 Å². The Bertz CT molecular complexity index is 769. The van der Waals surface area contributed by atoms with E-state index in [0.717, 1.165) is 11.3 Å². The average Bonchev–Trinajstić information content (AvgIpc) is 2.59. The van der Waals surface area contributed by atoms with Crippen molar-refractivity contribution >= 4 is 17.5 Å². The van der Waals surface area contributed by atoms with Gasteiger partial charge in [-0.05, 0) is 49.6 Å². The molecule has 25 heavy (non-hydrogen) atoms. The number of carbonyl (C=O) groups excluding carboxylic acids is 2. The van der Waals surface area contributed by atoms with Gasteiger partial charge in [-0.2, -0.15) is 0 Å². The van der Waals surface area contributed by atoms with E-state index in [0.29, 0.717) is 18.4 Å². The summed E-state index contributed by atoms with van der Waals surface area (Å²) in [6.45, 7) is 4.09. The summed E-state index contributed by atoms with van der Waals surface area (Å²) in [5.41, 5.74) is 9.90. The summed E-state index contributed by atoms with van der Waals surface area (Å²) in [5.74, 6) is -0.541. The van der Waals surface area contributed by atoms with Crippen LogP contribution in [0.4, 0.5) is 5.69 Å². The van der Waals surface area contributed by atoms with Crippen LogP contribution in [0.1, 0.15) is 33.5 Å². The lowest BCUT2D eigenvalue weighted by Gasteiger charge is -2.14. The zero-order valence-electron chi connectivity index (χ0n) is 15.2. The fourth-order valence-electron chi connectivity index (χ4n) is 2.56. The molecule has 2 aromatic rings. The quantitative estimate of drug-likeness (QED) is 0.824. The molecule has 0 unspecified atom stereocenters. The fraction of sp³-hybridized carbons (Fsp3) is 0.300. The zero-order valence-corrected chi connectivity index (χ0v) is 15.2. The first-order valence-electron chi connectivity index (χ1n) is 8.29. The first kappa shape index (κ1) is 18.5. The van der Waals surface area contributed by atoms with E-state index in [1.807, 2.05) is 57.1 Å². The molecular weight excluding hydrogens is 314 g/mol. The highest BCUT2D eigenvalue weighted by Crippen LogP contribution is 2.13. The minimum Gasteiger partial charge on any atom is -0.378 e. The SMILES string of the molecule is Cc1ccc(CCC(=O)NNC(=O)c2cccc(N(C)C)c2)c(C)c1. The molecule has 5 nitrogen and oxygen atoms in total. The van der Waals surface area contributed by atoms with Gasteiger partial charge in [0.25, 0.3) is 5.91 Å². The van der Waals surface area contributed by atoms with E-state index in [4.69, 9.17) is 0 Å². The molecule has 0 spiro atoms. The molecule has 0 aromatic heterocycles. The van der Waals surface area contributed by atoms with Gasteiger partial charge in [-0.25, -0.2) is 0 Å². The molecule has 0 bridgehead atoms. The number of aryl methyl sites for hydroxylation is 3. The van der Waals surface area contributed by atoms with Crippen molar-refractivity contribution in [2.45, 2.75) is 26.7 Å². The van der Waals surface area contributed by atoms with Crippen molar-refractivity contribution in [3.8, 4) is 0 Å². The van der Waals surface area contributed by atoms with E-state index in [1.54, 1.807) is 12.1 Å². The maximum Gasteiger partial charge on any atom is 0.269 e. The number of rotatable bonds is 5. The molecule has 0 fully saturated rings. The van der Waals surface area contributed by atoms with Crippen molar-refractivity contribution in [3.05, 3.63) is 64.7 Å². The molecule has 0 atom stereocenters. The van der Waals surface area contributed by atoms with Crippen LogP contribution in [0.3, 0.4) is 0 Å². The molecule has 0 aliphatic rings. The van der Waals surface area contributed by atoms with Gasteiger partial charge in [0.2, 0.25) is 5.91 Å². The van der Waals surface area contributed by atoms with Crippen LogP contribution in [0.5, 0.6) is 0 Å². The van der Waals surface area contributed by atoms with Crippen molar-refractivity contribution in [2.24, 2.45) is 0 Å². The van der Waals surface area contributed by atoms with E-state index in [1.165, 1.54) is 11.1 Å². The molecule has 2 amide bonds. The first-order valence-corrected chi connectivity index (χ1v) is 8.29. The monoisotopic (exact) mass is 339 g/mol. The predicted octanol–water partition coefficient (Wildman–Crippen LogP) is 2.76. The van der Waals surface area contributed by atoms with Gasteiger partial charge in [-0.3, -0.25) is 20.4 Å². The van der Waals surface area contributed by atoms with Gasteiger partial charge < -0.3 is 4.90 Å². The molecule has 0 heterocycles. The molecule has 0 radical (unpaired) electrons. The van der Waals surface area contributed by atoms with E-state index < -0.39 is 0 Å². The standard InChI is InChI=1S/C20H25N3O2/c1-14-8-9-16(15(2)12-14)10-11-19(24)21-22-20(25)17-6-5-7-18(13-17)23(3)4/h5-9,12-13H,10-11H2,1-4H3,(H,21,24)(H,22,25). The Morgan fingerprint density at radius 2 is 1.76 bits per heavy atom. The Morgan fingerprint density at radius 1 is 1.00 bits per heavy atom. The van der Waals surface area contributed by atoms with Gasteiger partial charge in [-0.15, -0.1) is 0 Å².